The molecule has 5 heteroatoms. The van der Waals surface area contributed by atoms with Crippen LogP contribution >= 0.6 is 0 Å². The molecule has 0 spiro atoms. The number of para-hydroxylation sites is 3. The van der Waals surface area contributed by atoms with Crippen LogP contribution in [0.25, 0.3) is 61.1 Å². The summed E-state index contributed by atoms with van der Waals surface area (Å²) in [7, 11) is 2.14. The lowest BCUT2D eigenvalue weighted by atomic mass is 9.92. The minimum absolute atomic E-state index is 0.114. The van der Waals surface area contributed by atoms with E-state index in [9.17, 15) is 0 Å². The van der Waals surface area contributed by atoms with Gasteiger partial charge in [-0.25, -0.2) is 9.55 Å². The third-order valence-corrected chi connectivity index (χ3v) is 8.07. The molecule has 4 aromatic carbocycles. The Bertz CT molecular complexity index is 2080. The predicted octanol–water partition coefficient (Wildman–Crippen LogP) is 8.72. The van der Waals surface area contributed by atoms with Crippen LogP contribution in [0.4, 0.5) is 0 Å². The number of imidazole rings is 1. The molecule has 0 fully saturated rings. The van der Waals surface area contributed by atoms with Crippen molar-refractivity contribution in [3.05, 3.63) is 89.8 Å². The van der Waals surface area contributed by atoms with Gasteiger partial charge in [0.15, 0.2) is 34.2 Å². The van der Waals surface area contributed by atoms with Gasteiger partial charge in [0.05, 0.1) is 7.05 Å². The molecule has 0 aliphatic heterocycles. The molecule has 0 aliphatic carbocycles. The smallest absolute Gasteiger partial charge is 0.299 e. The number of aromatic nitrogens is 3. The Morgan fingerprint density at radius 2 is 1.51 bits per heavy atom. The number of fused-ring (bicyclic) bond motifs is 6. The lowest BCUT2D eigenvalue weighted by Crippen LogP contribution is -2.30. The van der Waals surface area contributed by atoms with Crippen molar-refractivity contribution in [2.24, 2.45) is 7.05 Å². The van der Waals surface area contributed by atoms with Crippen LogP contribution in [0.5, 0.6) is 0 Å². The van der Waals surface area contributed by atoms with Gasteiger partial charge in [-0.05, 0) is 48.6 Å². The number of oxazole rings is 1. The van der Waals surface area contributed by atoms with Crippen LogP contribution < -0.4 is 4.57 Å². The molecule has 0 radical (unpaired) electrons. The molecule has 0 unspecified atom stereocenters. The van der Waals surface area contributed by atoms with Crippen molar-refractivity contribution < 1.29 is 14.8 Å². The Labute approximate surface area is 228 Å². The van der Waals surface area contributed by atoms with Gasteiger partial charge in [0.1, 0.15) is 18.1 Å². The highest BCUT2D eigenvalue weighted by atomic mass is 16.4. The second-order valence-electron chi connectivity index (χ2n) is 11.1. The van der Waals surface area contributed by atoms with E-state index in [2.05, 4.69) is 110 Å². The van der Waals surface area contributed by atoms with Crippen LogP contribution in [-0.2, 0) is 7.05 Å². The normalized spacial score (nSPS) is 12.7. The first-order chi connectivity index (χ1) is 19.3. The summed E-state index contributed by atoms with van der Waals surface area (Å²) in [6.45, 7) is 11.2. The fourth-order valence-electron chi connectivity index (χ4n) is 6.14. The monoisotopic (exact) mass is 515 g/mol. The number of aryl methyl sites for hydroxylation is 2. The van der Waals surface area contributed by atoms with Crippen LogP contribution in [0.2, 0.25) is 0 Å². The maximum atomic E-state index is 7.94. The molecule has 0 bridgehead atoms. The predicted molar refractivity (Wildman–Crippen MR) is 158 cm³/mol. The highest BCUT2D eigenvalue weighted by Crippen LogP contribution is 2.42. The van der Waals surface area contributed by atoms with E-state index in [1.807, 2.05) is 12.1 Å². The van der Waals surface area contributed by atoms with Gasteiger partial charge in [-0.2, -0.15) is 4.57 Å². The first-order valence-corrected chi connectivity index (χ1v) is 13.6. The van der Waals surface area contributed by atoms with Gasteiger partial charge in [-0.3, -0.25) is 0 Å². The van der Waals surface area contributed by atoms with Crippen molar-refractivity contribution >= 4 is 44.1 Å². The third kappa shape index (κ3) is 3.32. The Kier molecular flexibility index (Phi) is 4.96. The average molecular weight is 516 g/mol. The molecule has 39 heavy (non-hydrogen) atoms. The summed E-state index contributed by atoms with van der Waals surface area (Å²) in [6.07, 6.45) is -0.114. The van der Waals surface area contributed by atoms with Crippen LogP contribution in [0.3, 0.4) is 0 Å². The summed E-state index contributed by atoms with van der Waals surface area (Å²) in [4.78, 5) is 4.21. The minimum Gasteiger partial charge on any atom is -0.451 e. The SMILES string of the molecule is [2H]c1nc2ccc3c4ccc(C)c(-c5n(-c6c(C(C)C)cccc6C(C)C)c6ccccc6[n+]5C)c4oc3c2o1. The van der Waals surface area contributed by atoms with E-state index in [0.29, 0.717) is 28.5 Å². The highest BCUT2D eigenvalue weighted by Gasteiger charge is 2.33. The first kappa shape index (κ1) is 22.6. The zero-order valence-electron chi connectivity index (χ0n) is 24.2. The average Bonchev–Trinajstić information content (AvgIpc) is 3.59. The molecule has 3 heterocycles. The van der Waals surface area contributed by atoms with Crippen molar-refractivity contribution in [1.82, 2.24) is 9.55 Å². The van der Waals surface area contributed by atoms with Crippen molar-refractivity contribution in [2.75, 3.05) is 0 Å². The molecule has 3 aromatic heterocycles. The quantitative estimate of drug-likeness (QED) is 0.220. The summed E-state index contributed by atoms with van der Waals surface area (Å²) in [5, 5.41) is 1.97. The van der Waals surface area contributed by atoms with Gasteiger partial charge in [0, 0.05) is 21.9 Å². The number of rotatable bonds is 4. The summed E-state index contributed by atoms with van der Waals surface area (Å²) >= 11 is 0. The second-order valence-corrected chi connectivity index (χ2v) is 11.1. The number of hydrogen-bond donors (Lipinski definition) is 0. The van der Waals surface area contributed by atoms with Crippen LogP contribution in [-0.4, -0.2) is 9.55 Å². The van der Waals surface area contributed by atoms with Gasteiger partial charge < -0.3 is 8.83 Å². The number of nitrogens with zero attached hydrogens (tertiary/aromatic N) is 3. The molecule has 194 valence electrons. The first-order valence-electron chi connectivity index (χ1n) is 14.1. The van der Waals surface area contributed by atoms with Crippen LogP contribution in [0.1, 0.15) is 57.6 Å². The topological polar surface area (TPSA) is 48.0 Å². The Hall–Kier alpha value is -4.38. The highest BCUT2D eigenvalue weighted by molar-refractivity contribution is 6.15. The van der Waals surface area contributed by atoms with E-state index in [1.165, 1.54) is 16.8 Å². The molecular formula is C34H32N3O2+. The molecule has 0 saturated heterocycles. The zero-order valence-corrected chi connectivity index (χ0v) is 23.2. The van der Waals surface area contributed by atoms with Gasteiger partial charge in [0.25, 0.3) is 5.82 Å². The molecule has 0 amide bonds. The molecule has 0 aliphatic rings. The minimum atomic E-state index is -0.114. The van der Waals surface area contributed by atoms with E-state index in [1.54, 1.807) is 0 Å². The van der Waals surface area contributed by atoms with Crippen LogP contribution in [0, 0.1) is 6.92 Å². The lowest BCUT2D eigenvalue weighted by Gasteiger charge is -2.18. The van der Waals surface area contributed by atoms with E-state index >= 15 is 0 Å². The summed E-state index contributed by atoms with van der Waals surface area (Å²) in [5.41, 5.74) is 10.9. The maximum absolute atomic E-state index is 7.94. The second kappa shape index (κ2) is 8.57. The molecular weight excluding hydrogens is 482 g/mol. The van der Waals surface area contributed by atoms with Gasteiger partial charge in [-0.1, -0.05) is 70.2 Å². The molecule has 5 nitrogen and oxygen atoms in total. The molecule has 0 saturated carbocycles. The van der Waals surface area contributed by atoms with Crippen molar-refractivity contribution in [3.63, 3.8) is 0 Å². The zero-order chi connectivity index (χ0) is 27.9. The van der Waals surface area contributed by atoms with Gasteiger partial charge >= 0.3 is 0 Å². The summed E-state index contributed by atoms with van der Waals surface area (Å²) < 4.78 is 25.1. The fourth-order valence-corrected chi connectivity index (χ4v) is 6.14. The third-order valence-electron chi connectivity index (χ3n) is 8.07. The van der Waals surface area contributed by atoms with Crippen molar-refractivity contribution in [1.29, 1.82) is 0 Å². The maximum Gasteiger partial charge on any atom is 0.299 e. The summed E-state index contributed by atoms with van der Waals surface area (Å²) in [6, 6.07) is 23.5. The standard InChI is InChI=1S/C34H32N3O2/c1-19(2)22-10-9-11-23(20(3)4)30(22)37-28-13-8-7-12-27(28)36(6)34(37)29-21(5)14-15-24-25-16-17-26-33(38-18-35-26)32(25)39-31(24)29/h7-20H,1-6H3/q+1/i18D. The van der Waals surface area contributed by atoms with Crippen molar-refractivity contribution in [3.8, 4) is 17.1 Å². The summed E-state index contributed by atoms with van der Waals surface area (Å²) in [5.74, 6) is 1.75. The largest absolute Gasteiger partial charge is 0.451 e. The van der Waals surface area contributed by atoms with Crippen LogP contribution in [0.15, 0.2) is 81.9 Å². The fraction of sp³-hybridized carbons (Fsp3) is 0.235. The number of hydrogen-bond acceptors (Lipinski definition) is 3. The van der Waals surface area contributed by atoms with E-state index in [0.717, 1.165) is 44.3 Å². The van der Waals surface area contributed by atoms with Gasteiger partial charge in [-0.15, -0.1) is 0 Å². The van der Waals surface area contributed by atoms with E-state index in [4.69, 9.17) is 10.2 Å². The van der Waals surface area contributed by atoms with E-state index in [-0.39, 0.29) is 6.37 Å². The molecule has 7 rings (SSSR count). The Balaban J connectivity index is 1.68. The number of furan rings is 1. The van der Waals surface area contributed by atoms with Gasteiger partial charge in [0.2, 0.25) is 0 Å². The Morgan fingerprint density at radius 3 is 2.26 bits per heavy atom. The molecule has 0 N–H and O–H groups in total. The number of benzene rings is 4. The molecule has 0 atom stereocenters. The van der Waals surface area contributed by atoms with Crippen molar-refractivity contribution in [2.45, 2.75) is 46.5 Å². The van der Waals surface area contributed by atoms with E-state index < -0.39 is 0 Å². The Morgan fingerprint density at radius 1 is 0.821 bits per heavy atom. The lowest BCUT2D eigenvalue weighted by molar-refractivity contribution is -0.633. The molecule has 7 aromatic rings.